The summed E-state index contributed by atoms with van der Waals surface area (Å²) in [5, 5.41) is 0. The molecule has 2 rings (SSSR count). The molecule has 1 atom stereocenters. The van der Waals surface area contributed by atoms with Gasteiger partial charge in [0, 0.05) is 23.3 Å². The maximum absolute atomic E-state index is 13.9. The third-order valence-electron chi connectivity index (χ3n) is 2.79. The molecule has 0 heterocycles. The monoisotopic (exact) mass is 332 g/mol. The van der Waals surface area contributed by atoms with Crippen molar-refractivity contribution in [2.45, 2.75) is 11.8 Å². The summed E-state index contributed by atoms with van der Waals surface area (Å²) >= 11 is 3.06. The lowest BCUT2D eigenvalue weighted by Gasteiger charge is -2.14. The summed E-state index contributed by atoms with van der Waals surface area (Å²) in [5.74, 6) is -3.67. The highest BCUT2D eigenvalue weighted by molar-refractivity contribution is 9.09. The smallest absolute Gasteiger partial charge is 0.133 e. The number of rotatable bonds is 2. The van der Waals surface area contributed by atoms with E-state index < -0.39 is 33.7 Å². The third kappa shape index (κ3) is 2.66. The molecule has 0 aliphatic heterocycles. The van der Waals surface area contributed by atoms with Gasteiger partial charge in [-0.3, -0.25) is 0 Å². The molecule has 0 radical (unpaired) electrons. The summed E-state index contributed by atoms with van der Waals surface area (Å²) in [7, 11) is 0. The third-order valence-corrected chi connectivity index (χ3v) is 3.74. The van der Waals surface area contributed by atoms with Crippen LogP contribution >= 0.6 is 15.9 Å². The van der Waals surface area contributed by atoms with Crippen LogP contribution < -0.4 is 0 Å². The molecular weight excluding hydrogens is 324 g/mol. The molecule has 0 aliphatic carbocycles. The minimum absolute atomic E-state index is 0.101. The first-order valence-corrected chi connectivity index (χ1v) is 6.37. The van der Waals surface area contributed by atoms with Crippen LogP contribution in [0.15, 0.2) is 30.3 Å². The first-order chi connectivity index (χ1) is 8.91. The van der Waals surface area contributed by atoms with E-state index in [4.69, 9.17) is 0 Å². The van der Waals surface area contributed by atoms with Crippen molar-refractivity contribution in [3.63, 3.8) is 0 Å². The van der Waals surface area contributed by atoms with Crippen LogP contribution in [0.4, 0.5) is 17.6 Å². The van der Waals surface area contributed by atoms with E-state index in [-0.39, 0.29) is 5.56 Å². The van der Waals surface area contributed by atoms with E-state index in [1.54, 1.807) is 19.1 Å². The van der Waals surface area contributed by atoms with Gasteiger partial charge in [-0.15, -0.1) is 0 Å². The Labute approximate surface area is 116 Å². The van der Waals surface area contributed by atoms with Gasteiger partial charge in [0.1, 0.15) is 23.3 Å². The Kier molecular flexibility index (Phi) is 3.94. The summed E-state index contributed by atoms with van der Waals surface area (Å²) in [4.78, 5) is -1.02. The molecule has 0 spiro atoms. The summed E-state index contributed by atoms with van der Waals surface area (Å²) in [5.41, 5.74) is 0.0557. The summed E-state index contributed by atoms with van der Waals surface area (Å²) in [6, 6.07) is 5.70. The second kappa shape index (κ2) is 5.33. The molecule has 0 nitrogen and oxygen atoms in total. The van der Waals surface area contributed by atoms with Crippen LogP contribution in [-0.2, 0) is 0 Å². The summed E-state index contributed by atoms with van der Waals surface area (Å²) < 4.78 is 54.1. The van der Waals surface area contributed by atoms with E-state index >= 15 is 0 Å². The second-order valence-corrected chi connectivity index (χ2v) is 5.04. The van der Waals surface area contributed by atoms with Crippen LogP contribution in [0, 0.1) is 30.2 Å². The molecule has 100 valence electrons. The van der Waals surface area contributed by atoms with Gasteiger partial charge in [-0.1, -0.05) is 34.1 Å². The largest absolute Gasteiger partial charge is 0.207 e. The molecule has 1 unspecified atom stereocenters. The van der Waals surface area contributed by atoms with Crippen molar-refractivity contribution in [3.8, 4) is 0 Å². The van der Waals surface area contributed by atoms with E-state index in [1.165, 1.54) is 6.07 Å². The maximum atomic E-state index is 13.9. The molecule has 19 heavy (non-hydrogen) atoms. The zero-order valence-corrected chi connectivity index (χ0v) is 11.4. The fraction of sp³-hybridized carbons (Fsp3) is 0.143. The zero-order valence-electron chi connectivity index (χ0n) is 9.85. The lowest BCUT2D eigenvalue weighted by molar-refractivity contribution is 0.524. The molecule has 0 saturated heterocycles. The van der Waals surface area contributed by atoms with Crippen molar-refractivity contribution >= 4 is 15.9 Å². The molecule has 2 aromatic rings. The van der Waals surface area contributed by atoms with Crippen LogP contribution in [-0.4, -0.2) is 0 Å². The molecule has 2 aromatic carbocycles. The quantitative estimate of drug-likeness (QED) is 0.534. The molecule has 0 aromatic heterocycles. The average Bonchev–Trinajstić information content (AvgIpc) is 2.31. The first-order valence-electron chi connectivity index (χ1n) is 5.45. The average molecular weight is 333 g/mol. The van der Waals surface area contributed by atoms with Crippen LogP contribution in [0.3, 0.4) is 0 Å². The minimum Gasteiger partial charge on any atom is -0.207 e. The number of alkyl halides is 1. The van der Waals surface area contributed by atoms with Gasteiger partial charge in [-0.05, 0) is 12.5 Å². The number of hydrogen-bond donors (Lipinski definition) is 0. The van der Waals surface area contributed by atoms with Gasteiger partial charge in [0.05, 0.1) is 4.83 Å². The Morgan fingerprint density at radius 3 is 2.16 bits per heavy atom. The van der Waals surface area contributed by atoms with Gasteiger partial charge in [0.2, 0.25) is 0 Å². The van der Waals surface area contributed by atoms with Gasteiger partial charge in [0.15, 0.2) is 0 Å². The molecule has 0 saturated carbocycles. The Hall–Kier alpha value is -1.36. The van der Waals surface area contributed by atoms with Crippen LogP contribution in [0.1, 0.15) is 21.5 Å². The molecular formula is C14H9BrF4. The maximum Gasteiger partial charge on any atom is 0.133 e. The van der Waals surface area contributed by atoms with Crippen molar-refractivity contribution in [1.29, 1.82) is 0 Å². The first kappa shape index (κ1) is 14.1. The molecule has 0 N–H and O–H groups in total. The van der Waals surface area contributed by atoms with Gasteiger partial charge in [-0.25, -0.2) is 17.6 Å². The normalized spacial score (nSPS) is 12.5. The van der Waals surface area contributed by atoms with Crippen molar-refractivity contribution in [2.24, 2.45) is 0 Å². The number of halogens is 5. The molecule has 0 amide bonds. The van der Waals surface area contributed by atoms with Crippen molar-refractivity contribution in [3.05, 3.63) is 70.3 Å². The van der Waals surface area contributed by atoms with Crippen molar-refractivity contribution in [2.75, 3.05) is 0 Å². The molecule has 0 bridgehead atoms. The van der Waals surface area contributed by atoms with Gasteiger partial charge in [0.25, 0.3) is 0 Å². The second-order valence-electron chi connectivity index (χ2n) is 4.12. The van der Waals surface area contributed by atoms with Crippen LogP contribution in [0.5, 0.6) is 0 Å². The minimum atomic E-state index is -1.06. The fourth-order valence-corrected chi connectivity index (χ4v) is 2.61. The van der Waals surface area contributed by atoms with E-state index in [1.807, 2.05) is 0 Å². The predicted molar refractivity (Wildman–Crippen MR) is 68.2 cm³/mol. The standard InChI is InChI=1S/C14H9BrF4/c1-7-3-2-4-9(14(7)19)13(15)12-10(17)5-8(16)6-11(12)18/h2-6,13H,1H3. The lowest BCUT2D eigenvalue weighted by atomic mass is 10.0. The highest BCUT2D eigenvalue weighted by Crippen LogP contribution is 2.36. The Bertz CT molecular complexity index is 602. The summed E-state index contributed by atoms with van der Waals surface area (Å²) in [6.45, 7) is 1.55. The van der Waals surface area contributed by atoms with E-state index in [9.17, 15) is 17.6 Å². The van der Waals surface area contributed by atoms with E-state index in [2.05, 4.69) is 15.9 Å². The Morgan fingerprint density at radius 1 is 1.00 bits per heavy atom. The summed E-state index contributed by atoms with van der Waals surface area (Å²) in [6.07, 6.45) is 0. The SMILES string of the molecule is Cc1cccc(C(Br)c2c(F)cc(F)cc2F)c1F. The van der Waals surface area contributed by atoms with Gasteiger partial charge < -0.3 is 0 Å². The fourth-order valence-electron chi connectivity index (χ4n) is 1.82. The Balaban J connectivity index is 2.56. The lowest BCUT2D eigenvalue weighted by Crippen LogP contribution is -2.04. The van der Waals surface area contributed by atoms with E-state index in [0.29, 0.717) is 17.7 Å². The van der Waals surface area contributed by atoms with Gasteiger partial charge >= 0.3 is 0 Å². The number of benzene rings is 2. The highest BCUT2D eigenvalue weighted by Gasteiger charge is 2.23. The van der Waals surface area contributed by atoms with Crippen molar-refractivity contribution in [1.82, 2.24) is 0 Å². The number of aryl methyl sites for hydroxylation is 1. The molecule has 0 aliphatic rings. The predicted octanol–water partition coefficient (Wildman–Crippen LogP) is 5.04. The van der Waals surface area contributed by atoms with Crippen LogP contribution in [0.25, 0.3) is 0 Å². The number of hydrogen-bond acceptors (Lipinski definition) is 0. The Morgan fingerprint density at radius 2 is 1.58 bits per heavy atom. The van der Waals surface area contributed by atoms with Gasteiger partial charge in [-0.2, -0.15) is 0 Å². The van der Waals surface area contributed by atoms with Crippen molar-refractivity contribution < 1.29 is 17.6 Å². The molecule has 0 fully saturated rings. The zero-order chi connectivity index (χ0) is 14.2. The highest BCUT2D eigenvalue weighted by atomic mass is 79.9. The van der Waals surface area contributed by atoms with E-state index in [0.717, 1.165) is 0 Å². The van der Waals surface area contributed by atoms with Crippen LogP contribution in [0.2, 0.25) is 0 Å². The topological polar surface area (TPSA) is 0 Å². The molecule has 5 heteroatoms.